The van der Waals surface area contributed by atoms with Gasteiger partial charge in [-0.15, -0.1) is 0 Å². The number of benzene rings is 1. The van der Waals surface area contributed by atoms with Crippen molar-refractivity contribution in [3.8, 4) is 0 Å². The number of nitrogens with one attached hydrogen (secondary N) is 1. The zero-order chi connectivity index (χ0) is 13.7. The molecule has 104 valence electrons. The van der Waals surface area contributed by atoms with Gasteiger partial charge in [0.2, 0.25) is 0 Å². The number of carbonyl (C=O) groups excluding carboxylic acids is 1. The van der Waals surface area contributed by atoms with Crippen LogP contribution in [0.3, 0.4) is 0 Å². The zero-order valence-corrected chi connectivity index (χ0v) is 12.3. The molecule has 2 rings (SSSR count). The lowest BCUT2D eigenvalue weighted by molar-refractivity contribution is -0.140. The molecule has 0 heterocycles. The molecule has 2 unspecified atom stereocenters. The van der Waals surface area contributed by atoms with Gasteiger partial charge < -0.3 is 10.1 Å². The molecule has 4 heteroatoms. The fourth-order valence-corrected chi connectivity index (χ4v) is 3.99. The van der Waals surface area contributed by atoms with Crippen molar-refractivity contribution in [3.05, 3.63) is 35.4 Å². The van der Waals surface area contributed by atoms with Crippen LogP contribution >= 0.6 is 11.8 Å². The lowest BCUT2D eigenvalue weighted by Crippen LogP contribution is -2.32. The maximum atomic E-state index is 11.2. The molecule has 0 saturated carbocycles. The van der Waals surface area contributed by atoms with Crippen LogP contribution in [0.25, 0.3) is 0 Å². The molecular formula is C15H21NO2S. The van der Waals surface area contributed by atoms with Gasteiger partial charge in [0.15, 0.2) is 0 Å². The lowest BCUT2D eigenvalue weighted by Gasteiger charge is -2.33. The quantitative estimate of drug-likeness (QED) is 0.841. The Balaban J connectivity index is 1.97. The van der Waals surface area contributed by atoms with Gasteiger partial charge in [0.1, 0.15) is 0 Å². The SMILES string of the molecule is CNC1c2ccccc2CCC1SCCC(=O)OC. The molecule has 0 aromatic heterocycles. The third-order valence-electron chi connectivity index (χ3n) is 3.64. The van der Waals surface area contributed by atoms with Crippen molar-refractivity contribution in [1.29, 1.82) is 0 Å². The topological polar surface area (TPSA) is 38.3 Å². The number of carbonyl (C=O) groups is 1. The van der Waals surface area contributed by atoms with E-state index >= 15 is 0 Å². The van der Waals surface area contributed by atoms with Crippen molar-refractivity contribution in [1.82, 2.24) is 5.32 Å². The van der Waals surface area contributed by atoms with Gasteiger partial charge in [-0.1, -0.05) is 24.3 Å². The maximum absolute atomic E-state index is 11.2. The molecule has 0 radical (unpaired) electrons. The van der Waals surface area contributed by atoms with Gasteiger partial charge in [-0.05, 0) is 31.0 Å². The smallest absolute Gasteiger partial charge is 0.306 e. The largest absolute Gasteiger partial charge is 0.469 e. The Morgan fingerprint density at radius 2 is 2.26 bits per heavy atom. The molecule has 0 fully saturated rings. The summed E-state index contributed by atoms with van der Waals surface area (Å²) in [6, 6.07) is 9.02. The van der Waals surface area contributed by atoms with Crippen molar-refractivity contribution >= 4 is 17.7 Å². The minimum absolute atomic E-state index is 0.121. The Hall–Kier alpha value is -1.00. The van der Waals surface area contributed by atoms with Crippen LogP contribution in [0, 0.1) is 0 Å². The Bertz CT molecular complexity index is 436. The Kier molecular flexibility index (Phi) is 5.28. The van der Waals surface area contributed by atoms with Crippen LogP contribution in [0.4, 0.5) is 0 Å². The third kappa shape index (κ3) is 3.51. The van der Waals surface area contributed by atoms with E-state index in [0.29, 0.717) is 17.7 Å². The molecule has 2 atom stereocenters. The molecule has 19 heavy (non-hydrogen) atoms. The first kappa shape index (κ1) is 14.4. The van der Waals surface area contributed by atoms with Crippen LogP contribution < -0.4 is 5.32 Å². The second kappa shape index (κ2) is 6.96. The first-order valence-corrected chi connectivity index (χ1v) is 7.74. The van der Waals surface area contributed by atoms with Gasteiger partial charge in [-0.2, -0.15) is 11.8 Å². The molecule has 0 aliphatic heterocycles. The summed E-state index contributed by atoms with van der Waals surface area (Å²) < 4.78 is 4.68. The zero-order valence-electron chi connectivity index (χ0n) is 11.5. The van der Waals surface area contributed by atoms with E-state index in [9.17, 15) is 4.79 Å². The van der Waals surface area contributed by atoms with Crippen LogP contribution in [0.15, 0.2) is 24.3 Å². The fourth-order valence-electron chi connectivity index (χ4n) is 2.65. The molecule has 0 saturated heterocycles. The minimum atomic E-state index is -0.121. The standard InChI is InChI=1S/C15H21NO2S/c1-16-15-12-6-4-3-5-11(12)7-8-13(15)19-10-9-14(17)18-2/h3-6,13,15-16H,7-10H2,1-2H3. The van der Waals surface area contributed by atoms with Gasteiger partial charge in [0.25, 0.3) is 0 Å². The summed E-state index contributed by atoms with van der Waals surface area (Å²) in [4.78, 5) is 11.2. The van der Waals surface area contributed by atoms with E-state index < -0.39 is 0 Å². The van der Waals surface area contributed by atoms with Crippen LogP contribution in [0.2, 0.25) is 0 Å². The number of esters is 1. The summed E-state index contributed by atoms with van der Waals surface area (Å²) in [6.07, 6.45) is 2.79. The highest BCUT2D eigenvalue weighted by molar-refractivity contribution is 7.99. The second-order valence-electron chi connectivity index (χ2n) is 4.74. The van der Waals surface area contributed by atoms with Crippen LogP contribution in [-0.4, -0.2) is 31.1 Å². The van der Waals surface area contributed by atoms with Crippen molar-refractivity contribution < 1.29 is 9.53 Å². The number of methoxy groups -OCH3 is 1. The molecule has 1 aliphatic rings. The van der Waals surface area contributed by atoms with E-state index in [0.717, 1.165) is 18.6 Å². The monoisotopic (exact) mass is 279 g/mol. The molecular weight excluding hydrogens is 258 g/mol. The highest BCUT2D eigenvalue weighted by atomic mass is 32.2. The average molecular weight is 279 g/mol. The van der Waals surface area contributed by atoms with E-state index in [-0.39, 0.29) is 5.97 Å². The number of thioether (sulfide) groups is 1. The maximum Gasteiger partial charge on any atom is 0.306 e. The van der Waals surface area contributed by atoms with Gasteiger partial charge in [-0.25, -0.2) is 0 Å². The molecule has 1 N–H and O–H groups in total. The van der Waals surface area contributed by atoms with E-state index in [1.54, 1.807) is 0 Å². The number of fused-ring (bicyclic) bond motifs is 1. The first-order chi connectivity index (χ1) is 9.26. The van der Waals surface area contributed by atoms with Crippen molar-refractivity contribution in [2.75, 3.05) is 19.9 Å². The Labute approximate surface area is 119 Å². The summed E-state index contributed by atoms with van der Waals surface area (Å²) in [7, 11) is 3.46. The van der Waals surface area contributed by atoms with Crippen molar-refractivity contribution in [2.24, 2.45) is 0 Å². The van der Waals surface area contributed by atoms with E-state index in [1.165, 1.54) is 18.2 Å². The third-order valence-corrected chi connectivity index (χ3v) is 5.01. The highest BCUT2D eigenvalue weighted by Crippen LogP contribution is 2.36. The summed E-state index contributed by atoms with van der Waals surface area (Å²) in [5, 5.41) is 3.96. The van der Waals surface area contributed by atoms with Crippen LogP contribution in [0.1, 0.15) is 30.0 Å². The fraction of sp³-hybridized carbons (Fsp3) is 0.533. The average Bonchev–Trinajstić information content (AvgIpc) is 2.46. The summed E-state index contributed by atoms with van der Waals surface area (Å²) in [5.41, 5.74) is 2.86. The van der Waals surface area contributed by atoms with Gasteiger partial charge in [0.05, 0.1) is 13.5 Å². The predicted molar refractivity (Wildman–Crippen MR) is 79.4 cm³/mol. The van der Waals surface area contributed by atoms with E-state index in [1.807, 2.05) is 18.8 Å². The Morgan fingerprint density at radius 1 is 1.47 bits per heavy atom. The number of aryl methyl sites for hydroxylation is 1. The normalized spacial score (nSPS) is 21.8. The number of ether oxygens (including phenoxy) is 1. The molecule has 0 amide bonds. The summed E-state index contributed by atoms with van der Waals surface area (Å²) in [6.45, 7) is 0. The summed E-state index contributed by atoms with van der Waals surface area (Å²) in [5.74, 6) is 0.710. The highest BCUT2D eigenvalue weighted by Gasteiger charge is 2.28. The predicted octanol–water partition coefficient (Wildman–Crippen LogP) is 2.56. The van der Waals surface area contributed by atoms with Gasteiger partial charge >= 0.3 is 5.97 Å². The molecule has 1 aromatic rings. The molecule has 3 nitrogen and oxygen atoms in total. The minimum Gasteiger partial charge on any atom is -0.469 e. The first-order valence-electron chi connectivity index (χ1n) is 6.69. The molecule has 1 aliphatic carbocycles. The second-order valence-corrected chi connectivity index (χ2v) is 6.09. The molecule has 1 aromatic carbocycles. The summed E-state index contributed by atoms with van der Waals surface area (Å²) >= 11 is 1.87. The number of hydrogen-bond acceptors (Lipinski definition) is 4. The van der Waals surface area contributed by atoms with Gasteiger partial charge in [-0.3, -0.25) is 4.79 Å². The van der Waals surface area contributed by atoms with Crippen LogP contribution in [-0.2, 0) is 16.0 Å². The molecule has 0 bridgehead atoms. The van der Waals surface area contributed by atoms with E-state index in [2.05, 4.69) is 34.3 Å². The van der Waals surface area contributed by atoms with Crippen LogP contribution in [0.5, 0.6) is 0 Å². The number of rotatable bonds is 5. The van der Waals surface area contributed by atoms with Crippen molar-refractivity contribution in [3.63, 3.8) is 0 Å². The van der Waals surface area contributed by atoms with E-state index in [4.69, 9.17) is 0 Å². The lowest BCUT2D eigenvalue weighted by atomic mass is 9.87. The Morgan fingerprint density at radius 3 is 3.00 bits per heavy atom. The molecule has 0 spiro atoms. The van der Waals surface area contributed by atoms with Gasteiger partial charge in [0, 0.05) is 17.0 Å². The number of hydrogen-bond donors (Lipinski definition) is 1. The van der Waals surface area contributed by atoms with Crippen molar-refractivity contribution in [2.45, 2.75) is 30.6 Å².